The first-order valence-electron chi connectivity index (χ1n) is 10.0. The Labute approximate surface area is 166 Å². The Bertz CT molecular complexity index is 732. The Morgan fingerprint density at radius 1 is 1.18 bits per heavy atom. The first-order chi connectivity index (χ1) is 13.7. The fourth-order valence-corrected chi connectivity index (χ4v) is 3.70. The normalized spacial score (nSPS) is 17.9. The Balaban J connectivity index is 1.53. The second kappa shape index (κ2) is 10.1. The molecule has 28 heavy (non-hydrogen) atoms. The topological polar surface area (TPSA) is 59.0 Å². The summed E-state index contributed by atoms with van der Waals surface area (Å²) in [5.74, 6) is 0.446. The first-order valence-corrected chi connectivity index (χ1v) is 10.0. The van der Waals surface area contributed by atoms with Crippen LogP contribution in [0, 0.1) is 5.92 Å². The lowest BCUT2D eigenvalue weighted by atomic mass is 9.98. The summed E-state index contributed by atoms with van der Waals surface area (Å²) in [4.78, 5) is 13.5. The van der Waals surface area contributed by atoms with E-state index >= 15 is 0 Å². The lowest BCUT2D eigenvalue weighted by molar-refractivity contribution is -0.140. The minimum Gasteiger partial charge on any atom is -0.493 e. The van der Waals surface area contributed by atoms with Crippen molar-refractivity contribution in [1.82, 2.24) is 0 Å². The lowest BCUT2D eigenvalue weighted by Crippen LogP contribution is -2.37. The molecule has 5 nitrogen and oxygen atoms in total. The molecule has 150 valence electrons. The van der Waals surface area contributed by atoms with Crippen LogP contribution < -0.4 is 9.64 Å². The third-order valence-corrected chi connectivity index (χ3v) is 5.11. The van der Waals surface area contributed by atoms with Gasteiger partial charge in [-0.2, -0.15) is 0 Å². The van der Waals surface area contributed by atoms with Crippen LogP contribution in [-0.2, 0) is 9.53 Å². The molecule has 1 N–H and O–H groups in total. The van der Waals surface area contributed by atoms with Crippen molar-refractivity contribution < 1.29 is 19.4 Å². The van der Waals surface area contributed by atoms with Crippen molar-refractivity contribution in [2.75, 3.05) is 31.2 Å². The van der Waals surface area contributed by atoms with Gasteiger partial charge in [-0.05, 0) is 49.6 Å². The Morgan fingerprint density at radius 2 is 1.93 bits per heavy atom. The average molecular weight is 383 g/mol. The van der Waals surface area contributed by atoms with Crippen molar-refractivity contribution >= 4 is 11.7 Å². The van der Waals surface area contributed by atoms with E-state index in [1.807, 2.05) is 37.3 Å². The van der Waals surface area contributed by atoms with Gasteiger partial charge < -0.3 is 19.5 Å². The number of ether oxygens (including phenoxy) is 2. The van der Waals surface area contributed by atoms with E-state index < -0.39 is 12.1 Å². The van der Waals surface area contributed by atoms with Crippen molar-refractivity contribution in [3.63, 3.8) is 0 Å². The molecule has 0 spiro atoms. The molecule has 0 bridgehead atoms. The molecule has 2 aromatic carbocycles. The highest BCUT2D eigenvalue weighted by Crippen LogP contribution is 2.26. The number of carbonyl (C=O) groups is 1. The van der Waals surface area contributed by atoms with Gasteiger partial charge in [0, 0.05) is 31.3 Å². The fraction of sp³-hybridized carbons (Fsp3) is 0.435. The van der Waals surface area contributed by atoms with Gasteiger partial charge in [-0.25, -0.2) is 0 Å². The van der Waals surface area contributed by atoms with Crippen LogP contribution in [0.25, 0.3) is 0 Å². The molecular formula is C23H29NO4. The van der Waals surface area contributed by atoms with E-state index in [0.717, 1.165) is 24.4 Å². The number of carboxylic acid groups (broad SMARTS) is 1. The second-order valence-electron chi connectivity index (χ2n) is 7.21. The highest BCUT2D eigenvalue weighted by Gasteiger charge is 2.21. The van der Waals surface area contributed by atoms with Crippen LogP contribution in [0.15, 0.2) is 54.6 Å². The second-order valence-corrected chi connectivity index (χ2v) is 7.21. The van der Waals surface area contributed by atoms with Gasteiger partial charge in [-0.15, -0.1) is 0 Å². The van der Waals surface area contributed by atoms with E-state index in [2.05, 4.69) is 29.2 Å². The molecule has 0 aliphatic carbocycles. The molecule has 1 unspecified atom stereocenters. The fourth-order valence-electron chi connectivity index (χ4n) is 3.70. The van der Waals surface area contributed by atoms with Crippen LogP contribution in [0.1, 0.15) is 37.9 Å². The number of rotatable bonds is 9. The summed E-state index contributed by atoms with van der Waals surface area (Å²) >= 11 is 0. The lowest BCUT2D eigenvalue weighted by Gasteiger charge is -2.34. The van der Waals surface area contributed by atoms with Crippen molar-refractivity contribution in [3.05, 3.63) is 60.2 Å². The van der Waals surface area contributed by atoms with Gasteiger partial charge in [0.15, 0.2) is 0 Å². The molecule has 1 fully saturated rings. The number of anilines is 1. The maximum Gasteiger partial charge on any atom is 0.306 e. The van der Waals surface area contributed by atoms with E-state index in [4.69, 9.17) is 14.6 Å². The molecule has 1 heterocycles. The number of carboxylic acids is 1. The molecule has 2 aromatic rings. The average Bonchev–Trinajstić information content (AvgIpc) is 2.73. The summed E-state index contributed by atoms with van der Waals surface area (Å²) in [6, 6.07) is 18.1. The molecular weight excluding hydrogens is 354 g/mol. The van der Waals surface area contributed by atoms with Gasteiger partial charge in [0.1, 0.15) is 5.75 Å². The zero-order valence-corrected chi connectivity index (χ0v) is 16.4. The summed E-state index contributed by atoms with van der Waals surface area (Å²) in [7, 11) is 0. The first kappa shape index (κ1) is 20.2. The van der Waals surface area contributed by atoms with Gasteiger partial charge in [0.05, 0.1) is 19.1 Å². The number of piperidine rings is 1. The largest absolute Gasteiger partial charge is 0.493 e. The van der Waals surface area contributed by atoms with Crippen LogP contribution in [0.4, 0.5) is 5.69 Å². The highest BCUT2D eigenvalue weighted by atomic mass is 16.5. The van der Waals surface area contributed by atoms with E-state index in [0.29, 0.717) is 19.1 Å². The number of hydrogen-bond acceptors (Lipinski definition) is 4. The van der Waals surface area contributed by atoms with Crippen molar-refractivity contribution in [1.29, 1.82) is 0 Å². The minimum absolute atomic E-state index is 0.0363. The molecule has 1 saturated heterocycles. The summed E-state index contributed by atoms with van der Waals surface area (Å²) in [5, 5.41) is 9.05. The van der Waals surface area contributed by atoms with Crippen LogP contribution >= 0.6 is 0 Å². The number of nitrogens with zero attached hydrogens (tertiary/aromatic N) is 1. The monoisotopic (exact) mass is 383 g/mol. The molecule has 1 aliphatic rings. The van der Waals surface area contributed by atoms with Crippen LogP contribution in [-0.4, -0.2) is 37.4 Å². The van der Waals surface area contributed by atoms with Crippen molar-refractivity contribution in [3.8, 4) is 5.75 Å². The molecule has 0 aromatic heterocycles. The van der Waals surface area contributed by atoms with Gasteiger partial charge >= 0.3 is 5.97 Å². The summed E-state index contributed by atoms with van der Waals surface area (Å²) < 4.78 is 11.6. The summed E-state index contributed by atoms with van der Waals surface area (Å²) in [6.45, 7) is 5.14. The Kier molecular flexibility index (Phi) is 7.31. The predicted octanol–water partition coefficient (Wildman–Crippen LogP) is 4.53. The van der Waals surface area contributed by atoms with E-state index in [1.54, 1.807) is 0 Å². The molecule has 0 saturated carbocycles. The number of aliphatic carboxylic acids is 1. The number of benzene rings is 2. The maximum absolute atomic E-state index is 11.0. The highest BCUT2D eigenvalue weighted by molar-refractivity contribution is 5.67. The third-order valence-electron chi connectivity index (χ3n) is 5.11. The van der Waals surface area contributed by atoms with Crippen LogP contribution in [0.2, 0.25) is 0 Å². The molecule has 2 atom stereocenters. The summed E-state index contributed by atoms with van der Waals surface area (Å²) in [6.07, 6.45) is 1.89. The van der Waals surface area contributed by atoms with E-state index in [-0.39, 0.29) is 6.42 Å². The Hall–Kier alpha value is -2.53. The van der Waals surface area contributed by atoms with Gasteiger partial charge in [0.2, 0.25) is 0 Å². The van der Waals surface area contributed by atoms with Gasteiger partial charge in [-0.1, -0.05) is 30.3 Å². The summed E-state index contributed by atoms with van der Waals surface area (Å²) in [5.41, 5.74) is 2.14. The molecule has 0 amide bonds. The molecule has 5 heteroatoms. The minimum atomic E-state index is -0.862. The van der Waals surface area contributed by atoms with E-state index in [9.17, 15) is 4.79 Å². The maximum atomic E-state index is 11.0. The van der Waals surface area contributed by atoms with Crippen LogP contribution in [0.3, 0.4) is 0 Å². The molecule has 1 aliphatic heterocycles. The smallest absolute Gasteiger partial charge is 0.306 e. The van der Waals surface area contributed by atoms with Gasteiger partial charge in [-0.3, -0.25) is 4.79 Å². The van der Waals surface area contributed by atoms with E-state index in [1.165, 1.54) is 18.5 Å². The quantitative estimate of drug-likeness (QED) is 0.689. The SMILES string of the molecule is CCOC(CC(=O)O)c1ccc(OC[C@@H]2CCCN(c3ccccc3)C2)cc1. The predicted molar refractivity (Wildman–Crippen MR) is 110 cm³/mol. The molecule has 3 rings (SSSR count). The number of para-hydroxylation sites is 1. The molecule has 0 radical (unpaired) electrons. The zero-order chi connectivity index (χ0) is 19.8. The standard InChI is InChI=1S/C23H29NO4/c1-2-27-22(15-23(25)26)19-10-12-21(13-11-19)28-17-18-7-6-14-24(16-18)20-8-4-3-5-9-20/h3-5,8-13,18,22H,2,6-7,14-17H2,1H3,(H,25,26)/t18-,22?/m1/s1. The van der Waals surface area contributed by atoms with Crippen molar-refractivity contribution in [2.24, 2.45) is 5.92 Å². The van der Waals surface area contributed by atoms with Gasteiger partial charge in [0.25, 0.3) is 0 Å². The zero-order valence-electron chi connectivity index (χ0n) is 16.4. The van der Waals surface area contributed by atoms with Crippen LogP contribution in [0.5, 0.6) is 5.75 Å². The van der Waals surface area contributed by atoms with Crippen molar-refractivity contribution in [2.45, 2.75) is 32.3 Å². The third kappa shape index (κ3) is 5.73. The Morgan fingerprint density at radius 3 is 2.61 bits per heavy atom. The number of hydrogen-bond donors (Lipinski definition) is 1.